The Balaban J connectivity index is 2.00. The highest BCUT2D eigenvalue weighted by Gasteiger charge is 2.28. The van der Waals surface area contributed by atoms with E-state index in [1.165, 1.54) is 23.0 Å². The number of fused-ring (bicyclic) bond motifs is 1. The van der Waals surface area contributed by atoms with E-state index in [1.54, 1.807) is 0 Å². The zero-order valence-corrected chi connectivity index (χ0v) is 12.3. The maximum atomic E-state index is 5.68. The number of nitrogens with zero attached hydrogens (tertiary/aromatic N) is 2. The fraction of sp³-hybridized carbons (Fsp3) is 0.562. The third-order valence-electron chi connectivity index (χ3n) is 4.17. The van der Waals surface area contributed by atoms with Crippen LogP contribution in [0.1, 0.15) is 31.5 Å². The molecule has 1 fully saturated rings. The van der Waals surface area contributed by atoms with Crippen LogP contribution in [-0.2, 0) is 11.8 Å². The summed E-state index contributed by atoms with van der Waals surface area (Å²) in [6, 6.07) is 8.75. The number of aromatic nitrogens is 2. The van der Waals surface area contributed by atoms with Crippen molar-refractivity contribution in [2.75, 3.05) is 19.8 Å². The molecule has 4 heteroatoms. The molecule has 0 spiro atoms. The second-order valence-electron chi connectivity index (χ2n) is 5.54. The summed E-state index contributed by atoms with van der Waals surface area (Å²) in [6.45, 7) is 4.84. The van der Waals surface area contributed by atoms with Crippen molar-refractivity contribution in [3.63, 3.8) is 0 Å². The number of hydrogen-bond donors (Lipinski definition) is 1. The van der Waals surface area contributed by atoms with E-state index < -0.39 is 0 Å². The number of rotatable bonds is 4. The first-order chi connectivity index (χ1) is 9.81. The molecule has 4 nitrogen and oxygen atoms in total. The SMILES string of the molecule is CCNC(c1nn(C)c2ccccc12)C1CCCOC1. The average molecular weight is 273 g/mol. The van der Waals surface area contributed by atoms with E-state index in [0.717, 1.165) is 26.2 Å². The van der Waals surface area contributed by atoms with Crippen molar-refractivity contribution in [3.05, 3.63) is 30.0 Å². The quantitative estimate of drug-likeness (QED) is 0.931. The van der Waals surface area contributed by atoms with E-state index in [1.807, 2.05) is 11.7 Å². The van der Waals surface area contributed by atoms with Gasteiger partial charge in [0.15, 0.2) is 0 Å². The number of ether oxygens (including phenoxy) is 1. The Labute approximate surface area is 120 Å². The van der Waals surface area contributed by atoms with Gasteiger partial charge in [-0.2, -0.15) is 5.10 Å². The maximum Gasteiger partial charge on any atom is 0.0876 e. The van der Waals surface area contributed by atoms with Crippen molar-refractivity contribution in [1.82, 2.24) is 15.1 Å². The highest BCUT2D eigenvalue weighted by atomic mass is 16.5. The summed E-state index contributed by atoms with van der Waals surface area (Å²) in [7, 11) is 2.02. The van der Waals surface area contributed by atoms with Gasteiger partial charge in [-0.25, -0.2) is 0 Å². The molecule has 1 aromatic carbocycles. The molecule has 1 saturated heterocycles. The molecule has 1 aliphatic heterocycles. The molecule has 0 radical (unpaired) electrons. The van der Waals surface area contributed by atoms with Gasteiger partial charge in [0.05, 0.1) is 23.9 Å². The van der Waals surface area contributed by atoms with Gasteiger partial charge < -0.3 is 10.1 Å². The first-order valence-corrected chi connectivity index (χ1v) is 7.54. The molecule has 2 heterocycles. The molecule has 1 aliphatic rings. The maximum absolute atomic E-state index is 5.68. The van der Waals surface area contributed by atoms with Gasteiger partial charge in [-0.15, -0.1) is 0 Å². The van der Waals surface area contributed by atoms with Gasteiger partial charge in [-0.1, -0.05) is 25.1 Å². The summed E-state index contributed by atoms with van der Waals surface area (Å²) in [6.07, 6.45) is 2.36. The van der Waals surface area contributed by atoms with Crippen LogP contribution in [0.2, 0.25) is 0 Å². The molecule has 3 rings (SSSR count). The number of benzene rings is 1. The van der Waals surface area contributed by atoms with Gasteiger partial charge in [0.1, 0.15) is 0 Å². The largest absolute Gasteiger partial charge is 0.381 e. The molecule has 2 atom stereocenters. The van der Waals surface area contributed by atoms with Gasteiger partial charge in [-0.3, -0.25) is 4.68 Å². The monoisotopic (exact) mass is 273 g/mol. The number of aryl methyl sites for hydroxylation is 1. The predicted molar refractivity (Wildman–Crippen MR) is 80.7 cm³/mol. The predicted octanol–water partition coefficient (Wildman–Crippen LogP) is 2.65. The van der Waals surface area contributed by atoms with Crippen LogP contribution < -0.4 is 5.32 Å². The summed E-state index contributed by atoms with van der Waals surface area (Å²) < 4.78 is 7.66. The Morgan fingerprint density at radius 1 is 1.45 bits per heavy atom. The molecular weight excluding hydrogens is 250 g/mol. The summed E-state index contributed by atoms with van der Waals surface area (Å²) in [5.41, 5.74) is 2.36. The van der Waals surface area contributed by atoms with E-state index >= 15 is 0 Å². The van der Waals surface area contributed by atoms with Gasteiger partial charge in [0.25, 0.3) is 0 Å². The molecule has 0 saturated carbocycles. The van der Waals surface area contributed by atoms with Crippen molar-refractivity contribution in [1.29, 1.82) is 0 Å². The van der Waals surface area contributed by atoms with Crippen molar-refractivity contribution in [2.45, 2.75) is 25.8 Å². The lowest BCUT2D eigenvalue weighted by molar-refractivity contribution is 0.0387. The molecule has 0 bridgehead atoms. The zero-order chi connectivity index (χ0) is 13.9. The highest BCUT2D eigenvalue weighted by molar-refractivity contribution is 5.82. The standard InChI is InChI=1S/C16H23N3O/c1-3-17-15(12-7-6-10-20-11-12)16-13-8-4-5-9-14(13)19(2)18-16/h4-5,8-9,12,15,17H,3,6-7,10-11H2,1-2H3. The van der Waals surface area contributed by atoms with Crippen molar-refractivity contribution in [2.24, 2.45) is 13.0 Å². The minimum absolute atomic E-state index is 0.284. The van der Waals surface area contributed by atoms with Crippen LogP contribution in [-0.4, -0.2) is 29.5 Å². The Bertz CT molecular complexity index is 572. The zero-order valence-electron chi connectivity index (χ0n) is 12.3. The van der Waals surface area contributed by atoms with Crippen LogP contribution in [0.15, 0.2) is 24.3 Å². The van der Waals surface area contributed by atoms with Gasteiger partial charge in [0.2, 0.25) is 0 Å². The van der Waals surface area contributed by atoms with Crippen LogP contribution in [0.25, 0.3) is 10.9 Å². The lowest BCUT2D eigenvalue weighted by Gasteiger charge is -2.30. The molecule has 108 valence electrons. The molecule has 20 heavy (non-hydrogen) atoms. The number of nitrogens with one attached hydrogen (secondary N) is 1. The summed E-state index contributed by atoms with van der Waals surface area (Å²) in [5, 5.41) is 9.66. The number of hydrogen-bond acceptors (Lipinski definition) is 3. The fourth-order valence-electron chi connectivity index (χ4n) is 3.21. The summed E-state index contributed by atoms with van der Waals surface area (Å²) in [5.74, 6) is 0.516. The van der Waals surface area contributed by atoms with Crippen molar-refractivity contribution >= 4 is 10.9 Å². The molecule has 2 aromatic rings. The van der Waals surface area contributed by atoms with Crippen LogP contribution in [0.4, 0.5) is 0 Å². The molecule has 0 amide bonds. The summed E-state index contributed by atoms with van der Waals surface area (Å²) >= 11 is 0. The Morgan fingerprint density at radius 2 is 2.30 bits per heavy atom. The van der Waals surface area contributed by atoms with Crippen molar-refractivity contribution < 1.29 is 4.74 Å². The normalized spacial score (nSPS) is 21.2. The van der Waals surface area contributed by atoms with Gasteiger partial charge in [-0.05, 0) is 25.5 Å². The minimum Gasteiger partial charge on any atom is -0.381 e. The average Bonchev–Trinajstić information content (AvgIpc) is 2.83. The van der Waals surface area contributed by atoms with Gasteiger partial charge >= 0.3 is 0 Å². The Morgan fingerprint density at radius 3 is 3.05 bits per heavy atom. The Hall–Kier alpha value is -1.39. The second-order valence-corrected chi connectivity index (χ2v) is 5.54. The lowest BCUT2D eigenvalue weighted by Crippen LogP contribution is -2.33. The molecule has 1 aromatic heterocycles. The molecule has 1 N–H and O–H groups in total. The first-order valence-electron chi connectivity index (χ1n) is 7.54. The number of para-hydroxylation sites is 1. The lowest BCUT2D eigenvalue weighted by atomic mass is 9.90. The van der Waals surface area contributed by atoms with Crippen molar-refractivity contribution in [3.8, 4) is 0 Å². The van der Waals surface area contributed by atoms with Crippen LogP contribution >= 0.6 is 0 Å². The molecular formula is C16H23N3O. The van der Waals surface area contributed by atoms with E-state index in [2.05, 4.69) is 36.5 Å². The molecule has 2 unspecified atom stereocenters. The van der Waals surface area contributed by atoms with Crippen LogP contribution in [0, 0.1) is 5.92 Å². The van der Waals surface area contributed by atoms with Gasteiger partial charge in [0, 0.05) is 25.0 Å². The third kappa shape index (κ3) is 2.45. The fourth-order valence-corrected chi connectivity index (χ4v) is 3.21. The highest BCUT2D eigenvalue weighted by Crippen LogP contribution is 2.32. The van der Waals surface area contributed by atoms with E-state index in [0.29, 0.717) is 5.92 Å². The van der Waals surface area contributed by atoms with Crippen LogP contribution in [0.5, 0.6) is 0 Å². The minimum atomic E-state index is 0.284. The molecule has 0 aliphatic carbocycles. The van der Waals surface area contributed by atoms with E-state index in [-0.39, 0.29) is 6.04 Å². The van der Waals surface area contributed by atoms with Crippen LogP contribution in [0.3, 0.4) is 0 Å². The smallest absolute Gasteiger partial charge is 0.0876 e. The topological polar surface area (TPSA) is 39.1 Å². The van der Waals surface area contributed by atoms with E-state index in [9.17, 15) is 0 Å². The van der Waals surface area contributed by atoms with E-state index in [4.69, 9.17) is 9.84 Å². The third-order valence-corrected chi connectivity index (χ3v) is 4.17. The second kappa shape index (κ2) is 5.94. The first kappa shape index (κ1) is 13.6. The Kier molecular flexibility index (Phi) is 4.03. The summed E-state index contributed by atoms with van der Waals surface area (Å²) in [4.78, 5) is 0.